The van der Waals surface area contributed by atoms with Crippen LogP contribution in [0.3, 0.4) is 0 Å². The predicted octanol–water partition coefficient (Wildman–Crippen LogP) is 5.26. The number of benzene rings is 4. The third kappa shape index (κ3) is 5.92. The number of carbonyl (C=O) groups is 1. The lowest BCUT2D eigenvalue weighted by Gasteiger charge is -2.13. The third-order valence-electron chi connectivity index (χ3n) is 6.81. The molecule has 0 fully saturated rings. The number of nitrogens with zero attached hydrogens (tertiary/aromatic N) is 6. The van der Waals surface area contributed by atoms with Gasteiger partial charge >= 0.3 is 5.97 Å². The fraction of sp³-hybridized carbons (Fsp3) is 0.129. The number of hydrogen-bond acceptors (Lipinski definition) is 10. The number of aromatic nitrogens is 6. The standard InChI is InChI=1S/C31H25N7O6/c1-2-42-31-32-27-9-5-8-26(30(39)44-23-16-12-21(13-17-23)19-43-38(40)41)28(27)37(31)18-20-10-14-22(15-11-20)24-6-3-4-7-25(24)29-33-35-36-34-29/h3-17H,2,18-19H2,1H3,(H,33,34,35,36). The third-order valence-corrected chi connectivity index (χ3v) is 6.81. The van der Waals surface area contributed by atoms with Gasteiger partial charge in [-0.15, -0.1) is 20.3 Å². The minimum atomic E-state index is -0.861. The largest absolute Gasteiger partial charge is 0.465 e. The SMILES string of the molecule is CCOc1nc2cccc(C(=O)Oc3ccc(CO[N+](=O)[O-])cc3)c2n1Cc1ccc(-c2ccccc2-c2nn[nH]n2)cc1. The first kappa shape index (κ1) is 28.0. The molecule has 6 aromatic rings. The zero-order valence-electron chi connectivity index (χ0n) is 23.4. The van der Waals surface area contributed by atoms with Gasteiger partial charge in [0.2, 0.25) is 5.82 Å². The molecule has 0 radical (unpaired) electrons. The molecule has 0 aliphatic carbocycles. The summed E-state index contributed by atoms with van der Waals surface area (Å²) in [5.41, 5.74) is 5.79. The Bertz CT molecular complexity index is 1920. The van der Waals surface area contributed by atoms with E-state index in [0.29, 0.717) is 47.1 Å². The van der Waals surface area contributed by atoms with Gasteiger partial charge in [-0.1, -0.05) is 66.7 Å². The van der Waals surface area contributed by atoms with Gasteiger partial charge in [0.05, 0.1) is 29.7 Å². The molecule has 4 aromatic carbocycles. The number of imidazole rings is 1. The smallest absolute Gasteiger partial charge is 0.345 e. The van der Waals surface area contributed by atoms with Crippen molar-refractivity contribution in [2.24, 2.45) is 0 Å². The van der Waals surface area contributed by atoms with E-state index in [-0.39, 0.29) is 12.4 Å². The zero-order chi connectivity index (χ0) is 30.5. The molecular weight excluding hydrogens is 566 g/mol. The van der Waals surface area contributed by atoms with Crippen LogP contribution in [0.1, 0.15) is 28.4 Å². The maximum Gasteiger partial charge on any atom is 0.345 e. The van der Waals surface area contributed by atoms with Crippen molar-refractivity contribution in [3.8, 4) is 34.3 Å². The number of rotatable bonds is 11. The van der Waals surface area contributed by atoms with E-state index in [1.54, 1.807) is 36.4 Å². The molecule has 13 nitrogen and oxygen atoms in total. The highest BCUT2D eigenvalue weighted by atomic mass is 16.9. The average molecular weight is 592 g/mol. The molecule has 0 unspecified atom stereocenters. The van der Waals surface area contributed by atoms with E-state index in [1.165, 1.54) is 0 Å². The van der Waals surface area contributed by atoms with Gasteiger partial charge in [-0.25, -0.2) is 4.79 Å². The maximum atomic E-state index is 13.4. The number of fused-ring (bicyclic) bond motifs is 1. The number of esters is 1. The zero-order valence-corrected chi connectivity index (χ0v) is 23.4. The number of para-hydroxylation sites is 1. The fourth-order valence-electron chi connectivity index (χ4n) is 4.84. The number of nitrogens with one attached hydrogen (secondary N) is 1. The number of aromatic amines is 1. The summed E-state index contributed by atoms with van der Waals surface area (Å²) in [4.78, 5) is 32.9. The van der Waals surface area contributed by atoms with Crippen molar-refractivity contribution < 1.29 is 24.2 Å². The van der Waals surface area contributed by atoms with Gasteiger partial charge in [0.25, 0.3) is 11.1 Å². The fourth-order valence-corrected chi connectivity index (χ4v) is 4.84. The minimum Gasteiger partial charge on any atom is -0.465 e. The molecule has 13 heteroatoms. The first-order chi connectivity index (χ1) is 21.5. The summed E-state index contributed by atoms with van der Waals surface area (Å²) in [6.07, 6.45) is 0. The molecule has 0 amide bonds. The molecule has 2 heterocycles. The Balaban J connectivity index is 1.28. The molecule has 0 spiro atoms. The van der Waals surface area contributed by atoms with Gasteiger partial charge < -0.3 is 14.3 Å². The van der Waals surface area contributed by atoms with Gasteiger partial charge in [0.15, 0.2) is 0 Å². The molecule has 0 aliphatic heterocycles. The Morgan fingerprint density at radius 1 is 0.932 bits per heavy atom. The topological polar surface area (TPSA) is 160 Å². The molecule has 44 heavy (non-hydrogen) atoms. The summed E-state index contributed by atoms with van der Waals surface area (Å²) >= 11 is 0. The van der Waals surface area contributed by atoms with Crippen LogP contribution in [0.15, 0.2) is 91.0 Å². The van der Waals surface area contributed by atoms with Crippen molar-refractivity contribution in [2.75, 3.05) is 6.61 Å². The summed E-state index contributed by atoms with van der Waals surface area (Å²) in [5.74, 6) is 0.210. The predicted molar refractivity (Wildman–Crippen MR) is 158 cm³/mol. The lowest BCUT2D eigenvalue weighted by molar-refractivity contribution is -0.763. The van der Waals surface area contributed by atoms with Crippen LogP contribution < -0.4 is 9.47 Å². The molecule has 0 saturated heterocycles. The summed E-state index contributed by atoms with van der Waals surface area (Å²) in [6.45, 7) is 2.44. The molecule has 0 bridgehead atoms. The van der Waals surface area contributed by atoms with Crippen molar-refractivity contribution in [3.05, 3.63) is 118 Å². The highest BCUT2D eigenvalue weighted by Gasteiger charge is 2.21. The molecule has 6 rings (SSSR count). The highest BCUT2D eigenvalue weighted by molar-refractivity contribution is 6.03. The van der Waals surface area contributed by atoms with Gasteiger partial charge in [0.1, 0.15) is 12.4 Å². The van der Waals surface area contributed by atoms with E-state index in [0.717, 1.165) is 22.3 Å². The van der Waals surface area contributed by atoms with Gasteiger partial charge in [-0.05, 0) is 58.7 Å². The Hall–Kier alpha value is -6.11. The number of hydrogen-bond donors (Lipinski definition) is 1. The monoisotopic (exact) mass is 591 g/mol. The summed E-state index contributed by atoms with van der Waals surface area (Å²) < 4.78 is 13.4. The van der Waals surface area contributed by atoms with Crippen molar-refractivity contribution in [3.63, 3.8) is 0 Å². The molecule has 2 aromatic heterocycles. The Kier molecular flexibility index (Phi) is 7.90. The lowest BCUT2D eigenvalue weighted by atomic mass is 9.98. The number of H-pyrrole nitrogens is 1. The molecule has 220 valence electrons. The summed E-state index contributed by atoms with van der Waals surface area (Å²) in [6, 6.07) is 27.8. The van der Waals surface area contributed by atoms with E-state index in [9.17, 15) is 14.9 Å². The van der Waals surface area contributed by atoms with Crippen molar-refractivity contribution in [1.29, 1.82) is 0 Å². The van der Waals surface area contributed by atoms with Crippen molar-refractivity contribution >= 4 is 17.0 Å². The van der Waals surface area contributed by atoms with Crippen LogP contribution in [-0.2, 0) is 18.0 Å². The first-order valence-electron chi connectivity index (χ1n) is 13.6. The van der Waals surface area contributed by atoms with Crippen molar-refractivity contribution in [2.45, 2.75) is 20.1 Å². The molecule has 1 N–H and O–H groups in total. The molecule has 0 saturated carbocycles. The van der Waals surface area contributed by atoms with Crippen molar-refractivity contribution in [1.82, 2.24) is 30.2 Å². The first-order valence-corrected chi connectivity index (χ1v) is 13.6. The van der Waals surface area contributed by atoms with Crippen LogP contribution in [0.4, 0.5) is 0 Å². The van der Waals surface area contributed by atoms with Crippen LogP contribution in [0.5, 0.6) is 11.8 Å². The van der Waals surface area contributed by atoms with E-state index in [4.69, 9.17) is 9.47 Å². The number of carbonyl (C=O) groups excluding carboxylic acids is 1. The second-order valence-corrected chi connectivity index (χ2v) is 9.60. The number of tetrazole rings is 1. The maximum absolute atomic E-state index is 13.4. The van der Waals surface area contributed by atoms with Crippen LogP contribution in [0.2, 0.25) is 0 Å². The normalized spacial score (nSPS) is 10.9. The summed E-state index contributed by atoms with van der Waals surface area (Å²) in [5, 5.41) is 24.0. The minimum absolute atomic E-state index is 0.202. The van der Waals surface area contributed by atoms with Crippen LogP contribution >= 0.6 is 0 Å². The van der Waals surface area contributed by atoms with E-state index >= 15 is 0 Å². The van der Waals surface area contributed by atoms with E-state index < -0.39 is 11.1 Å². The van der Waals surface area contributed by atoms with Gasteiger partial charge in [0, 0.05) is 5.56 Å². The molecule has 0 aliphatic rings. The number of ether oxygens (including phenoxy) is 2. The van der Waals surface area contributed by atoms with Crippen LogP contribution in [0, 0.1) is 10.1 Å². The Morgan fingerprint density at radius 2 is 1.68 bits per heavy atom. The highest BCUT2D eigenvalue weighted by Crippen LogP contribution is 2.31. The second kappa shape index (κ2) is 12.4. The van der Waals surface area contributed by atoms with E-state index in [1.807, 2.05) is 66.1 Å². The molecular formula is C31H25N7O6. The van der Waals surface area contributed by atoms with Crippen LogP contribution in [-0.4, -0.2) is 47.8 Å². The summed E-state index contributed by atoms with van der Waals surface area (Å²) in [7, 11) is 0. The van der Waals surface area contributed by atoms with Crippen LogP contribution in [0.25, 0.3) is 33.5 Å². The average Bonchev–Trinajstić information content (AvgIpc) is 3.70. The molecule has 0 atom stereocenters. The Morgan fingerprint density at radius 3 is 2.39 bits per heavy atom. The quantitative estimate of drug-likeness (QED) is 0.0911. The van der Waals surface area contributed by atoms with Gasteiger partial charge in [-0.3, -0.25) is 4.57 Å². The lowest BCUT2D eigenvalue weighted by Crippen LogP contribution is -2.12. The van der Waals surface area contributed by atoms with E-state index in [2.05, 4.69) is 30.4 Å². The Labute approximate surface area is 250 Å². The second-order valence-electron chi connectivity index (χ2n) is 9.60. The van der Waals surface area contributed by atoms with Gasteiger partial charge in [-0.2, -0.15) is 10.2 Å².